The Labute approximate surface area is 103 Å². The third-order valence-electron chi connectivity index (χ3n) is 2.05. The van der Waals surface area contributed by atoms with Crippen molar-refractivity contribution in [1.82, 2.24) is 10.3 Å². The molecule has 1 aromatic heterocycles. The summed E-state index contributed by atoms with van der Waals surface area (Å²) in [5, 5.41) is 3.31. The van der Waals surface area contributed by atoms with Gasteiger partial charge < -0.3 is 19.2 Å². The molecule has 17 heavy (non-hydrogen) atoms. The van der Waals surface area contributed by atoms with E-state index in [9.17, 15) is 0 Å². The van der Waals surface area contributed by atoms with Crippen molar-refractivity contribution in [1.29, 1.82) is 0 Å². The normalized spacial score (nSPS) is 12.0. The quantitative estimate of drug-likeness (QED) is 0.738. The minimum absolute atomic E-state index is 0.0591. The van der Waals surface area contributed by atoms with Gasteiger partial charge in [0.15, 0.2) is 0 Å². The Morgan fingerprint density at radius 3 is 2.76 bits per heavy atom. The number of methoxy groups -OCH3 is 1. The van der Waals surface area contributed by atoms with Crippen molar-refractivity contribution in [2.75, 3.05) is 20.3 Å². The molecule has 1 aromatic rings. The van der Waals surface area contributed by atoms with Crippen LogP contribution in [0.4, 0.5) is 0 Å². The molecule has 1 N–H and O–H groups in total. The minimum Gasteiger partial charge on any atom is -0.442 e. The molecule has 0 saturated heterocycles. The first kappa shape index (κ1) is 14.2. The van der Waals surface area contributed by atoms with Crippen LogP contribution in [0.25, 0.3) is 0 Å². The molecular formula is C12H22N2O3. The number of nitrogens with one attached hydrogen (secondary N) is 1. The van der Waals surface area contributed by atoms with Gasteiger partial charge in [0.1, 0.15) is 12.4 Å². The van der Waals surface area contributed by atoms with Crippen molar-refractivity contribution in [3.8, 4) is 0 Å². The van der Waals surface area contributed by atoms with Crippen LogP contribution in [0.3, 0.4) is 0 Å². The molecule has 0 fully saturated rings. The van der Waals surface area contributed by atoms with Gasteiger partial charge in [0.25, 0.3) is 0 Å². The van der Waals surface area contributed by atoms with E-state index in [1.54, 1.807) is 13.3 Å². The Bertz CT molecular complexity index is 318. The molecule has 0 aromatic carbocycles. The van der Waals surface area contributed by atoms with Crippen LogP contribution in [0.15, 0.2) is 10.6 Å². The highest BCUT2D eigenvalue weighted by Crippen LogP contribution is 2.07. The second kappa shape index (κ2) is 6.74. The fraction of sp³-hybridized carbons (Fsp3) is 0.750. The number of rotatable bonds is 7. The molecule has 5 nitrogen and oxygen atoms in total. The zero-order valence-electron chi connectivity index (χ0n) is 11.1. The van der Waals surface area contributed by atoms with Crippen molar-refractivity contribution >= 4 is 0 Å². The van der Waals surface area contributed by atoms with Gasteiger partial charge in [-0.05, 0) is 20.8 Å². The first-order valence-corrected chi connectivity index (χ1v) is 5.76. The van der Waals surface area contributed by atoms with E-state index >= 15 is 0 Å². The molecule has 0 aliphatic carbocycles. The van der Waals surface area contributed by atoms with E-state index in [0.29, 0.717) is 32.3 Å². The summed E-state index contributed by atoms with van der Waals surface area (Å²) in [6, 6.07) is 0. The predicted octanol–water partition coefficient (Wildman–Crippen LogP) is 1.73. The molecule has 1 heterocycles. The largest absolute Gasteiger partial charge is 0.442 e. The van der Waals surface area contributed by atoms with Gasteiger partial charge in [-0.25, -0.2) is 4.98 Å². The van der Waals surface area contributed by atoms with E-state index in [1.165, 1.54) is 0 Å². The third kappa shape index (κ3) is 6.41. The zero-order chi connectivity index (χ0) is 12.7. The lowest BCUT2D eigenvalue weighted by atomic mass is 10.1. The lowest BCUT2D eigenvalue weighted by Gasteiger charge is -2.18. The number of hydrogen-bond donors (Lipinski definition) is 1. The Kier molecular flexibility index (Phi) is 5.61. The monoisotopic (exact) mass is 242 g/mol. The highest BCUT2D eigenvalue weighted by atomic mass is 16.5. The van der Waals surface area contributed by atoms with Gasteiger partial charge in [-0.2, -0.15) is 0 Å². The van der Waals surface area contributed by atoms with E-state index in [0.717, 1.165) is 5.76 Å². The molecule has 0 saturated carbocycles. The molecule has 0 bridgehead atoms. The fourth-order valence-electron chi connectivity index (χ4n) is 1.15. The summed E-state index contributed by atoms with van der Waals surface area (Å²) in [6.07, 6.45) is 1.70. The summed E-state index contributed by atoms with van der Waals surface area (Å²) >= 11 is 0. The average Bonchev–Trinajstić information content (AvgIpc) is 2.69. The maximum Gasteiger partial charge on any atom is 0.208 e. The first-order valence-electron chi connectivity index (χ1n) is 5.76. The Balaban J connectivity index is 2.28. The van der Waals surface area contributed by atoms with Gasteiger partial charge in [-0.1, -0.05) is 0 Å². The molecule has 98 valence electrons. The van der Waals surface area contributed by atoms with Crippen LogP contribution in [-0.4, -0.2) is 30.8 Å². The number of oxazole rings is 1. The molecule has 0 atom stereocenters. The van der Waals surface area contributed by atoms with Crippen molar-refractivity contribution in [2.24, 2.45) is 0 Å². The van der Waals surface area contributed by atoms with E-state index < -0.39 is 0 Å². The molecular weight excluding hydrogens is 220 g/mol. The number of ether oxygens (including phenoxy) is 2. The summed E-state index contributed by atoms with van der Waals surface area (Å²) in [6.45, 7) is 8.52. The topological polar surface area (TPSA) is 56.5 Å². The van der Waals surface area contributed by atoms with Gasteiger partial charge in [0.05, 0.1) is 26.0 Å². The molecule has 5 heteroatoms. The van der Waals surface area contributed by atoms with Crippen LogP contribution in [0.1, 0.15) is 32.4 Å². The van der Waals surface area contributed by atoms with Gasteiger partial charge in [-0.3, -0.25) is 0 Å². The second-order valence-corrected chi connectivity index (χ2v) is 4.87. The van der Waals surface area contributed by atoms with Crippen LogP contribution in [0, 0.1) is 0 Å². The lowest BCUT2D eigenvalue weighted by Crippen LogP contribution is -2.35. The summed E-state index contributed by atoms with van der Waals surface area (Å²) in [7, 11) is 1.65. The SMILES string of the molecule is COCCOCc1cnc(CNC(C)(C)C)o1. The van der Waals surface area contributed by atoms with Crippen LogP contribution in [0.5, 0.6) is 0 Å². The number of hydrogen-bond acceptors (Lipinski definition) is 5. The molecule has 0 radical (unpaired) electrons. The standard InChI is InChI=1S/C12H22N2O3/c1-12(2,3)14-8-11-13-7-10(17-11)9-16-6-5-15-4/h7,14H,5-6,8-9H2,1-4H3. The van der Waals surface area contributed by atoms with Gasteiger partial charge in [-0.15, -0.1) is 0 Å². The highest BCUT2D eigenvalue weighted by Gasteiger charge is 2.11. The van der Waals surface area contributed by atoms with Crippen molar-refractivity contribution in [3.63, 3.8) is 0 Å². The number of aromatic nitrogens is 1. The minimum atomic E-state index is 0.0591. The van der Waals surface area contributed by atoms with Gasteiger partial charge >= 0.3 is 0 Å². The van der Waals surface area contributed by atoms with Gasteiger partial charge in [0, 0.05) is 12.6 Å². The molecule has 0 aliphatic rings. The van der Waals surface area contributed by atoms with Crippen molar-refractivity contribution in [2.45, 2.75) is 39.5 Å². The smallest absolute Gasteiger partial charge is 0.208 e. The Morgan fingerprint density at radius 2 is 2.12 bits per heavy atom. The summed E-state index contributed by atoms with van der Waals surface area (Å²) < 4.78 is 15.7. The molecule has 1 rings (SSSR count). The molecule has 0 aliphatic heterocycles. The predicted molar refractivity (Wildman–Crippen MR) is 64.6 cm³/mol. The molecule has 0 spiro atoms. The van der Waals surface area contributed by atoms with E-state index in [1.807, 2.05) is 0 Å². The van der Waals surface area contributed by atoms with E-state index in [4.69, 9.17) is 13.9 Å². The maximum atomic E-state index is 5.52. The second-order valence-electron chi connectivity index (χ2n) is 4.87. The lowest BCUT2D eigenvalue weighted by molar-refractivity contribution is 0.0533. The molecule has 0 unspecified atom stereocenters. The van der Waals surface area contributed by atoms with Crippen LogP contribution < -0.4 is 5.32 Å². The molecule has 0 amide bonds. The number of nitrogens with zero attached hydrogens (tertiary/aromatic N) is 1. The fourth-order valence-corrected chi connectivity index (χ4v) is 1.15. The van der Waals surface area contributed by atoms with Crippen molar-refractivity contribution in [3.05, 3.63) is 17.8 Å². The zero-order valence-corrected chi connectivity index (χ0v) is 11.1. The Hall–Kier alpha value is -0.910. The maximum absolute atomic E-state index is 5.52. The van der Waals surface area contributed by atoms with Crippen molar-refractivity contribution < 1.29 is 13.9 Å². The Morgan fingerprint density at radius 1 is 1.35 bits per heavy atom. The first-order chi connectivity index (χ1) is 8.01. The summed E-state index contributed by atoms with van der Waals surface area (Å²) in [4.78, 5) is 4.18. The summed E-state index contributed by atoms with van der Waals surface area (Å²) in [5.41, 5.74) is 0.0591. The summed E-state index contributed by atoms with van der Waals surface area (Å²) in [5.74, 6) is 1.43. The third-order valence-corrected chi connectivity index (χ3v) is 2.05. The van der Waals surface area contributed by atoms with Crippen LogP contribution in [-0.2, 0) is 22.6 Å². The van der Waals surface area contributed by atoms with Crippen LogP contribution >= 0.6 is 0 Å². The van der Waals surface area contributed by atoms with Gasteiger partial charge in [0.2, 0.25) is 5.89 Å². The van der Waals surface area contributed by atoms with E-state index in [-0.39, 0.29) is 5.54 Å². The average molecular weight is 242 g/mol. The van der Waals surface area contributed by atoms with E-state index in [2.05, 4.69) is 31.1 Å². The van der Waals surface area contributed by atoms with Crippen LogP contribution in [0.2, 0.25) is 0 Å². The highest BCUT2D eigenvalue weighted by molar-refractivity contribution is 4.93.